The Labute approximate surface area is 163 Å². The van der Waals surface area contributed by atoms with E-state index in [0.29, 0.717) is 5.92 Å². The third-order valence-electron chi connectivity index (χ3n) is 5.19. The van der Waals surface area contributed by atoms with Crippen LogP contribution in [0.4, 0.5) is 5.69 Å². The van der Waals surface area contributed by atoms with Gasteiger partial charge in [0.2, 0.25) is 0 Å². The number of hydrogen-bond donors (Lipinski definition) is 0. The monoisotopic (exact) mass is 375 g/mol. The van der Waals surface area contributed by atoms with Gasteiger partial charge in [-0.05, 0) is 23.7 Å². The third kappa shape index (κ3) is 3.01. The Morgan fingerprint density at radius 1 is 0.926 bits per heavy atom. The average Bonchev–Trinajstić information content (AvgIpc) is 3.30. The van der Waals surface area contributed by atoms with Crippen LogP contribution in [0.25, 0.3) is 10.6 Å². The topological polar surface area (TPSA) is 35.5 Å². The molecule has 0 bridgehead atoms. The molecule has 1 fully saturated rings. The van der Waals surface area contributed by atoms with Crippen LogP contribution < -0.4 is 4.90 Å². The number of anilines is 1. The van der Waals surface area contributed by atoms with Gasteiger partial charge in [0, 0.05) is 49.7 Å². The molecule has 6 heteroatoms. The Morgan fingerprint density at radius 2 is 1.63 bits per heavy atom. The van der Waals surface area contributed by atoms with E-state index in [9.17, 15) is 0 Å². The number of nitrogens with zero attached hydrogens (tertiary/aromatic N) is 5. The van der Waals surface area contributed by atoms with Crippen molar-refractivity contribution in [2.75, 3.05) is 25.0 Å². The molecule has 2 aromatic carbocycles. The summed E-state index contributed by atoms with van der Waals surface area (Å²) in [6.45, 7) is 1.95. The van der Waals surface area contributed by atoms with Gasteiger partial charge >= 0.3 is 0 Å². The van der Waals surface area contributed by atoms with Gasteiger partial charge in [-0.3, -0.25) is 4.90 Å². The predicted octanol–water partition coefficient (Wildman–Crippen LogP) is 3.81. The van der Waals surface area contributed by atoms with E-state index in [4.69, 9.17) is 4.98 Å². The van der Waals surface area contributed by atoms with Gasteiger partial charge in [0.05, 0.1) is 0 Å². The number of rotatable bonds is 4. The van der Waals surface area contributed by atoms with Gasteiger partial charge in [-0.1, -0.05) is 48.5 Å². The molecule has 1 saturated heterocycles. The maximum absolute atomic E-state index is 4.80. The molecule has 0 N–H and O–H groups in total. The minimum atomic E-state index is 0.218. The van der Waals surface area contributed by atoms with Crippen molar-refractivity contribution < 1.29 is 0 Å². The van der Waals surface area contributed by atoms with Crippen LogP contribution in [0.3, 0.4) is 0 Å². The highest BCUT2D eigenvalue weighted by molar-refractivity contribution is 7.09. The molecule has 5 rings (SSSR count). The fourth-order valence-electron chi connectivity index (χ4n) is 3.74. The molecule has 3 aromatic rings. The molecule has 1 aromatic heterocycles. The quantitative estimate of drug-likeness (QED) is 0.693. The predicted molar refractivity (Wildman–Crippen MR) is 109 cm³/mol. The SMILES string of the molecule is CN1C=CN(c2ccccc2)C1N1CC(c2nsc(-c3ccccc3)n2)C1. The summed E-state index contributed by atoms with van der Waals surface area (Å²) in [5, 5.41) is 1.01. The summed E-state index contributed by atoms with van der Waals surface area (Å²) < 4.78 is 4.63. The third-order valence-corrected chi connectivity index (χ3v) is 5.97. The van der Waals surface area contributed by atoms with E-state index >= 15 is 0 Å². The lowest BCUT2D eigenvalue weighted by Crippen LogP contribution is -2.59. The second kappa shape index (κ2) is 6.79. The summed E-state index contributed by atoms with van der Waals surface area (Å²) in [6.07, 6.45) is 4.51. The van der Waals surface area contributed by atoms with Crippen molar-refractivity contribution in [2.24, 2.45) is 0 Å². The number of hydrogen-bond acceptors (Lipinski definition) is 6. The van der Waals surface area contributed by atoms with Gasteiger partial charge in [-0.2, -0.15) is 4.37 Å². The standard InChI is InChI=1S/C21H21N5S/c1-24-12-13-26(18-10-6-3-7-11-18)21(24)25-14-17(15-25)19-22-20(27-23-19)16-8-4-2-5-9-16/h2-13,17,21H,14-15H2,1H3. The Balaban J connectivity index is 1.28. The fourth-order valence-corrected chi connectivity index (χ4v) is 4.49. The van der Waals surface area contributed by atoms with Gasteiger partial charge in [0.1, 0.15) is 10.8 Å². The van der Waals surface area contributed by atoms with E-state index in [1.165, 1.54) is 17.2 Å². The molecule has 0 saturated carbocycles. The van der Waals surface area contributed by atoms with Crippen molar-refractivity contribution in [3.63, 3.8) is 0 Å². The van der Waals surface area contributed by atoms with Gasteiger partial charge < -0.3 is 9.80 Å². The van der Waals surface area contributed by atoms with Crippen molar-refractivity contribution >= 4 is 17.2 Å². The van der Waals surface area contributed by atoms with E-state index in [2.05, 4.69) is 81.0 Å². The summed E-state index contributed by atoms with van der Waals surface area (Å²) in [6, 6.07) is 20.8. The zero-order valence-corrected chi connectivity index (χ0v) is 16.0. The first kappa shape index (κ1) is 16.5. The molecule has 2 aliphatic rings. The van der Waals surface area contributed by atoms with Crippen LogP contribution >= 0.6 is 11.5 Å². The van der Waals surface area contributed by atoms with Crippen LogP contribution in [0.2, 0.25) is 0 Å². The number of para-hydroxylation sites is 1. The van der Waals surface area contributed by atoms with Crippen molar-refractivity contribution in [3.05, 3.63) is 78.9 Å². The number of benzene rings is 2. The average molecular weight is 376 g/mol. The Bertz CT molecular complexity index is 933. The lowest BCUT2D eigenvalue weighted by atomic mass is 9.99. The summed E-state index contributed by atoms with van der Waals surface area (Å²) >= 11 is 1.50. The second-order valence-corrected chi connectivity index (χ2v) is 7.78. The molecule has 27 heavy (non-hydrogen) atoms. The van der Waals surface area contributed by atoms with Gasteiger partial charge in [-0.25, -0.2) is 4.98 Å². The summed E-state index contributed by atoms with van der Waals surface area (Å²) in [4.78, 5) is 11.8. The molecule has 136 valence electrons. The highest BCUT2D eigenvalue weighted by Crippen LogP contribution is 2.34. The van der Waals surface area contributed by atoms with Gasteiger partial charge in [-0.15, -0.1) is 0 Å². The van der Waals surface area contributed by atoms with Crippen molar-refractivity contribution in [1.82, 2.24) is 19.2 Å². The summed E-state index contributed by atoms with van der Waals surface area (Å²) in [5.41, 5.74) is 2.36. The molecule has 0 amide bonds. The summed E-state index contributed by atoms with van der Waals surface area (Å²) in [5.74, 6) is 1.39. The smallest absolute Gasteiger partial charge is 0.163 e. The largest absolute Gasteiger partial charge is 0.347 e. The highest BCUT2D eigenvalue weighted by Gasteiger charge is 2.40. The molecule has 1 atom stereocenters. The maximum Gasteiger partial charge on any atom is 0.163 e. The lowest BCUT2D eigenvalue weighted by Gasteiger charge is -2.47. The minimum Gasteiger partial charge on any atom is -0.347 e. The molecule has 2 aliphatic heterocycles. The number of aromatic nitrogens is 2. The number of likely N-dealkylation sites (tertiary alicyclic amines) is 1. The molecular formula is C21H21N5S. The first-order valence-electron chi connectivity index (χ1n) is 9.16. The zero-order chi connectivity index (χ0) is 18.2. The molecule has 0 aliphatic carbocycles. The minimum absolute atomic E-state index is 0.218. The fraction of sp³-hybridized carbons (Fsp3) is 0.238. The van der Waals surface area contributed by atoms with Crippen molar-refractivity contribution in [1.29, 1.82) is 0 Å². The van der Waals surface area contributed by atoms with E-state index in [0.717, 1.165) is 29.5 Å². The molecule has 0 radical (unpaired) electrons. The van der Waals surface area contributed by atoms with Crippen LogP contribution in [0.5, 0.6) is 0 Å². The van der Waals surface area contributed by atoms with Crippen LogP contribution in [-0.4, -0.2) is 45.6 Å². The summed E-state index contributed by atoms with van der Waals surface area (Å²) in [7, 11) is 2.13. The lowest BCUT2D eigenvalue weighted by molar-refractivity contribution is 0.0319. The zero-order valence-electron chi connectivity index (χ0n) is 15.1. The van der Waals surface area contributed by atoms with E-state index in [-0.39, 0.29) is 6.29 Å². The highest BCUT2D eigenvalue weighted by atomic mass is 32.1. The second-order valence-electron chi connectivity index (χ2n) is 7.03. The van der Waals surface area contributed by atoms with Crippen LogP contribution in [0, 0.1) is 0 Å². The van der Waals surface area contributed by atoms with Gasteiger partial charge in [0.15, 0.2) is 6.29 Å². The first-order chi connectivity index (χ1) is 13.3. The van der Waals surface area contributed by atoms with Gasteiger partial charge in [0.25, 0.3) is 0 Å². The van der Waals surface area contributed by atoms with Crippen LogP contribution in [-0.2, 0) is 0 Å². The Morgan fingerprint density at radius 3 is 2.37 bits per heavy atom. The molecule has 5 nitrogen and oxygen atoms in total. The van der Waals surface area contributed by atoms with E-state index < -0.39 is 0 Å². The maximum atomic E-state index is 4.80. The molecule has 3 heterocycles. The van der Waals surface area contributed by atoms with E-state index in [1.807, 2.05) is 18.2 Å². The van der Waals surface area contributed by atoms with Crippen molar-refractivity contribution in [3.8, 4) is 10.6 Å². The molecular weight excluding hydrogens is 354 g/mol. The molecule has 1 unspecified atom stereocenters. The molecule has 0 spiro atoms. The van der Waals surface area contributed by atoms with E-state index in [1.54, 1.807) is 0 Å². The first-order valence-corrected chi connectivity index (χ1v) is 9.94. The Kier molecular flexibility index (Phi) is 4.14. The van der Waals surface area contributed by atoms with Crippen molar-refractivity contribution in [2.45, 2.75) is 12.2 Å². The van der Waals surface area contributed by atoms with Crippen LogP contribution in [0.15, 0.2) is 73.1 Å². The normalized spacial score (nSPS) is 20.3. The van der Waals surface area contributed by atoms with Crippen LogP contribution in [0.1, 0.15) is 11.7 Å². The Hall–Kier alpha value is -2.70.